The SMILES string of the molecule is Cc1ccc(S(=O)(=O)c2c(F)nc3ccccc3c2-c2ccc(F)cc2)cc1F. The van der Waals surface area contributed by atoms with Gasteiger partial charge in [-0.25, -0.2) is 22.2 Å². The fourth-order valence-corrected chi connectivity index (χ4v) is 4.68. The van der Waals surface area contributed by atoms with Crippen LogP contribution in [-0.2, 0) is 9.84 Å². The Labute approximate surface area is 165 Å². The average Bonchev–Trinajstić information content (AvgIpc) is 2.69. The van der Waals surface area contributed by atoms with E-state index in [1.165, 1.54) is 31.2 Å². The number of benzene rings is 3. The molecule has 0 amide bonds. The molecular formula is C22H14F3NO2S. The summed E-state index contributed by atoms with van der Waals surface area (Å²) in [6.45, 7) is 1.49. The van der Waals surface area contributed by atoms with Gasteiger partial charge in [0, 0.05) is 10.9 Å². The Morgan fingerprint density at radius 3 is 2.24 bits per heavy atom. The van der Waals surface area contributed by atoms with E-state index in [1.54, 1.807) is 24.3 Å². The molecule has 0 saturated carbocycles. The summed E-state index contributed by atoms with van der Waals surface area (Å²) in [4.78, 5) is 2.73. The van der Waals surface area contributed by atoms with Gasteiger partial charge in [0.1, 0.15) is 16.5 Å². The molecule has 4 rings (SSSR count). The van der Waals surface area contributed by atoms with Crippen LogP contribution in [0.3, 0.4) is 0 Å². The molecule has 0 N–H and O–H groups in total. The number of rotatable bonds is 3. The van der Waals surface area contributed by atoms with Crippen LogP contribution in [-0.4, -0.2) is 13.4 Å². The van der Waals surface area contributed by atoms with Crippen molar-refractivity contribution >= 4 is 20.7 Å². The maximum Gasteiger partial charge on any atom is 0.233 e. The van der Waals surface area contributed by atoms with Gasteiger partial charge in [-0.3, -0.25) is 0 Å². The highest BCUT2D eigenvalue weighted by molar-refractivity contribution is 7.91. The second kappa shape index (κ2) is 7.00. The topological polar surface area (TPSA) is 47.0 Å². The monoisotopic (exact) mass is 413 g/mol. The third kappa shape index (κ3) is 3.27. The quantitative estimate of drug-likeness (QED) is 0.419. The summed E-state index contributed by atoms with van der Waals surface area (Å²) in [5, 5.41) is 0.381. The van der Waals surface area contributed by atoms with Gasteiger partial charge in [0.15, 0.2) is 0 Å². The molecule has 4 aromatic rings. The maximum atomic E-state index is 15.0. The number of nitrogens with zero attached hydrogens (tertiary/aromatic N) is 1. The largest absolute Gasteiger partial charge is 0.233 e. The number of aryl methyl sites for hydroxylation is 1. The van der Waals surface area contributed by atoms with Gasteiger partial charge in [-0.15, -0.1) is 0 Å². The molecule has 0 saturated heterocycles. The van der Waals surface area contributed by atoms with Crippen molar-refractivity contribution in [2.45, 2.75) is 16.7 Å². The molecule has 0 unspecified atom stereocenters. The Morgan fingerprint density at radius 2 is 1.55 bits per heavy atom. The molecule has 7 heteroatoms. The van der Waals surface area contributed by atoms with Crippen molar-refractivity contribution in [2.75, 3.05) is 0 Å². The minimum atomic E-state index is -4.46. The maximum absolute atomic E-state index is 15.0. The Kier molecular flexibility index (Phi) is 4.62. The number of fused-ring (bicyclic) bond motifs is 1. The van der Waals surface area contributed by atoms with Crippen LogP contribution in [0, 0.1) is 24.5 Å². The van der Waals surface area contributed by atoms with Gasteiger partial charge in [-0.05, 0) is 48.4 Å². The molecule has 0 spiro atoms. The zero-order valence-electron chi connectivity index (χ0n) is 15.2. The van der Waals surface area contributed by atoms with Crippen molar-refractivity contribution in [3.8, 4) is 11.1 Å². The number of aromatic nitrogens is 1. The second-order valence-electron chi connectivity index (χ2n) is 6.55. The fraction of sp³-hybridized carbons (Fsp3) is 0.0455. The van der Waals surface area contributed by atoms with Gasteiger partial charge < -0.3 is 0 Å². The summed E-state index contributed by atoms with van der Waals surface area (Å²) >= 11 is 0. The van der Waals surface area contributed by atoms with E-state index in [-0.39, 0.29) is 21.5 Å². The number of pyridine rings is 1. The lowest BCUT2D eigenvalue weighted by Gasteiger charge is -2.15. The lowest BCUT2D eigenvalue weighted by molar-refractivity contribution is 0.543. The normalized spacial score (nSPS) is 11.7. The van der Waals surface area contributed by atoms with Crippen molar-refractivity contribution in [1.29, 1.82) is 0 Å². The molecule has 29 heavy (non-hydrogen) atoms. The standard InChI is InChI=1S/C22H14F3NO2S/c1-13-6-11-16(12-18(13)24)29(27,28)21-20(14-7-9-15(23)10-8-14)17-4-2-3-5-19(17)26-22(21)25/h2-12H,1H3. The van der Waals surface area contributed by atoms with E-state index in [0.29, 0.717) is 10.9 Å². The van der Waals surface area contributed by atoms with Crippen LogP contribution in [0.2, 0.25) is 0 Å². The number of para-hydroxylation sites is 1. The van der Waals surface area contributed by atoms with E-state index in [1.807, 2.05) is 0 Å². The molecule has 146 valence electrons. The molecule has 1 heterocycles. The van der Waals surface area contributed by atoms with Crippen molar-refractivity contribution in [3.63, 3.8) is 0 Å². The van der Waals surface area contributed by atoms with E-state index < -0.39 is 32.3 Å². The van der Waals surface area contributed by atoms with Gasteiger partial charge in [0.05, 0.1) is 10.4 Å². The molecular weight excluding hydrogens is 399 g/mol. The van der Waals surface area contributed by atoms with E-state index in [4.69, 9.17) is 0 Å². The minimum Gasteiger partial charge on any atom is -0.219 e. The molecule has 0 atom stereocenters. The van der Waals surface area contributed by atoms with Crippen molar-refractivity contribution in [3.05, 3.63) is 89.9 Å². The highest BCUT2D eigenvalue weighted by atomic mass is 32.2. The van der Waals surface area contributed by atoms with Crippen molar-refractivity contribution < 1.29 is 21.6 Å². The zero-order valence-corrected chi connectivity index (χ0v) is 16.0. The van der Waals surface area contributed by atoms with Crippen LogP contribution >= 0.6 is 0 Å². The van der Waals surface area contributed by atoms with Crippen LogP contribution < -0.4 is 0 Å². The van der Waals surface area contributed by atoms with Crippen LogP contribution in [0.1, 0.15) is 5.56 Å². The van der Waals surface area contributed by atoms with E-state index in [2.05, 4.69) is 4.98 Å². The Balaban J connectivity index is 2.11. The fourth-order valence-electron chi connectivity index (χ4n) is 3.17. The first-order chi connectivity index (χ1) is 13.8. The van der Waals surface area contributed by atoms with Gasteiger partial charge in [-0.2, -0.15) is 4.39 Å². The van der Waals surface area contributed by atoms with Crippen LogP contribution in [0.5, 0.6) is 0 Å². The van der Waals surface area contributed by atoms with Gasteiger partial charge >= 0.3 is 0 Å². The Morgan fingerprint density at radius 1 is 0.862 bits per heavy atom. The van der Waals surface area contributed by atoms with Crippen LogP contribution in [0.15, 0.2) is 76.5 Å². The molecule has 0 aliphatic heterocycles. The molecule has 1 aromatic heterocycles. The second-order valence-corrected chi connectivity index (χ2v) is 8.43. The summed E-state index contributed by atoms with van der Waals surface area (Å²) in [5.41, 5.74) is 0.863. The molecule has 0 aliphatic carbocycles. The number of hydrogen-bond acceptors (Lipinski definition) is 3. The van der Waals surface area contributed by atoms with E-state index in [9.17, 15) is 17.2 Å². The Bertz CT molecular complexity index is 1350. The highest BCUT2D eigenvalue weighted by Gasteiger charge is 2.30. The summed E-state index contributed by atoms with van der Waals surface area (Å²) < 4.78 is 69.1. The lowest BCUT2D eigenvalue weighted by atomic mass is 10.0. The summed E-state index contributed by atoms with van der Waals surface area (Å²) in [6.07, 6.45) is 0. The molecule has 0 bridgehead atoms. The summed E-state index contributed by atoms with van der Waals surface area (Å²) in [6, 6.07) is 14.9. The van der Waals surface area contributed by atoms with Crippen molar-refractivity contribution in [2.24, 2.45) is 0 Å². The molecule has 3 nitrogen and oxygen atoms in total. The van der Waals surface area contributed by atoms with Gasteiger partial charge in [0.25, 0.3) is 0 Å². The average molecular weight is 413 g/mol. The van der Waals surface area contributed by atoms with Gasteiger partial charge in [-0.1, -0.05) is 36.4 Å². The first-order valence-corrected chi connectivity index (χ1v) is 10.1. The highest BCUT2D eigenvalue weighted by Crippen LogP contribution is 2.38. The lowest BCUT2D eigenvalue weighted by Crippen LogP contribution is -2.10. The number of halogens is 3. The minimum absolute atomic E-state index is 0.0501. The van der Waals surface area contributed by atoms with E-state index >= 15 is 4.39 Å². The number of hydrogen-bond donors (Lipinski definition) is 0. The molecule has 0 fully saturated rings. The zero-order chi connectivity index (χ0) is 20.8. The third-order valence-corrected chi connectivity index (χ3v) is 6.45. The smallest absolute Gasteiger partial charge is 0.219 e. The molecule has 0 aliphatic rings. The molecule has 3 aromatic carbocycles. The van der Waals surface area contributed by atoms with Gasteiger partial charge in [0.2, 0.25) is 15.8 Å². The van der Waals surface area contributed by atoms with Crippen molar-refractivity contribution in [1.82, 2.24) is 4.98 Å². The predicted molar refractivity (Wildman–Crippen MR) is 104 cm³/mol. The Hall–Kier alpha value is -3.19. The predicted octanol–water partition coefficient (Wildman–Crippen LogP) is 5.46. The summed E-state index contributed by atoms with van der Waals surface area (Å²) in [5.74, 6) is -2.44. The first kappa shape index (κ1) is 19.1. The molecule has 0 radical (unpaired) electrons. The van der Waals surface area contributed by atoms with E-state index in [0.717, 1.165) is 18.2 Å². The van der Waals surface area contributed by atoms with Crippen LogP contribution in [0.25, 0.3) is 22.0 Å². The first-order valence-electron chi connectivity index (χ1n) is 8.64. The number of sulfone groups is 1. The van der Waals surface area contributed by atoms with Crippen LogP contribution in [0.4, 0.5) is 13.2 Å². The summed E-state index contributed by atoms with van der Waals surface area (Å²) in [7, 11) is -4.46. The third-order valence-electron chi connectivity index (χ3n) is 4.66.